The number of ketones is 1. The van der Waals surface area contributed by atoms with Crippen LogP contribution in [-0.2, 0) is 11.2 Å². The smallest absolute Gasteiger partial charge is 0.181 e. The number of rotatable bonds is 6. The van der Waals surface area contributed by atoms with Gasteiger partial charge in [0.25, 0.3) is 0 Å². The standard InChI is InChI=1S/C25H31N5O2/c1-29-6-8-30(9-7-29)16-18-2-4-19(5-3-18)24(31)12-22-11-20-10-21(25-15-26-17-32-25)13-28-23(20)14-27-22/h10-11,13-15,17-19H,2-9,12,16H2,1H3. The van der Waals surface area contributed by atoms with Crippen molar-refractivity contribution < 1.29 is 9.21 Å². The van der Waals surface area contributed by atoms with Crippen LogP contribution >= 0.6 is 0 Å². The van der Waals surface area contributed by atoms with Crippen molar-refractivity contribution in [2.75, 3.05) is 39.8 Å². The fourth-order valence-electron chi connectivity index (χ4n) is 5.05. The highest BCUT2D eigenvalue weighted by molar-refractivity contribution is 5.86. The second-order valence-electron chi connectivity index (χ2n) is 9.42. The second kappa shape index (κ2) is 9.46. The van der Waals surface area contributed by atoms with Gasteiger partial charge in [0.2, 0.25) is 0 Å². The lowest BCUT2D eigenvalue weighted by Gasteiger charge is -2.36. The van der Waals surface area contributed by atoms with Crippen LogP contribution in [0.1, 0.15) is 31.4 Å². The minimum absolute atomic E-state index is 0.176. The molecular weight excluding hydrogens is 402 g/mol. The number of piperazine rings is 1. The molecule has 0 N–H and O–H groups in total. The van der Waals surface area contributed by atoms with E-state index in [0.717, 1.165) is 40.9 Å². The van der Waals surface area contributed by atoms with Crippen molar-refractivity contribution in [3.05, 3.63) is 42.8 Å². The Hall–Kier alpha value is -2.64. The van der Waals surface area contributed by atoms with Crippen molar-refractivity contribution in [3.63, 3.8) is 0 Å². The predicted octanol–water partition coefficient (Wildman–Crippen LogP) is 3.45. The Kier molecular flexibility index (Phi) is 6.28. The maximum atomic E-state index is 13.0. The van der Waals surface area contributed by atoms with E-state index in [1.807, 2.05) is 12.1 Å². The van der Waals surface area contributed by atoms with Gasteiger partial charge in [-0.1, -0.05) is 0 Å². The van der Waals surface area contributed by atoms with E-state index >= 15 is 0 Å². The first-order chi connectivity index (χ1) is 15.6. The van der Waals surface area contributed by atoms with E-state index in [2.05, 4.69) is 31.8 Å². The summed E-state index contributed by atoms with van der Waals surface area (Å²) in [6.07, 6.45) is 11.4. The van der Waals surface area contributed by atoms with Crippen LogP contribution in [0.15, 0.2) is 41.5 Å². The lowest BCUT2D eigenvalue weighted by molar-refractivity contribution is -0.123. The van der Waals surface area contributed by atoms with E-state index in [1.54, 1.807) is 18.6 Å². The van der Waals surface area contributed by atoms with Gasteiger partial charge in [0.05, 0.1) is 17.9 Å². The summed E-state index contributed by atoms with van der Waals surface area (Å²) in [5, 5.41) is 0.965. The number of nitrogens with zero attached hydrogens (tertiary/aromatic N) is 5. The topological polar surface area (TPSA) is 75.4 Å². The summed E-state index contributed by atoms with van der Waals surface area (Å²) in [7, 11) is 2.20. The molecule has 1 aliphatic heterocycles. The van der Waals surface area contributed by atoms with Gasteiger partial charge in [-0.3, -0.25) is 14.8 Å². The third kappa shape index (κ3) is 4.89. The highest BCUT2D eigenvalue weighted by Crippen LogP contribution is 2.31. The van der Waals surface area contributed by atoms with Crippen LogP contribution in [-0.4, -0.2) is 70.3 Å². The van der Waals surface area contributed by atoms with E-state index < -0.39 is 0 Å². The van der Waals surface area contributed by atoms with E-state index in [9.17, 15) is 4.79 Å². The SMILES string of the molecule is CN1CCN(CC2CCC(C(=O)Cc3cc4cc(-c5cnco5)cnc4cn3)CC2)CC1. The summed E-state index contributed by atoms with van der Waals surface area (Å²) in [6.45, 7) is 5.89. The van der Waals surface area contributed by atoms with Crippen molar-refractivity contribution in [2.24, 2.45) is 11.8 Å². The average Bonchev–Trinajstić information content (AvgIpc) is 3.36. The molecule has 32 heavy (non-hydrogen) atoms. The summed E-state index contributed by atoms with van der Waals surface area (Å²) in [4.78, 5) is 30.9. The van der Waals surface area contributed by atoms with Crippen LogP contribution in [0.2, 0.25) is 0 Å². The van der Waals surface area contributed by atoms with Crippen molar-refractivity contribution in [2.45, 2.75) is 32.1 Å². The van der Waals surface area contributed by atoms with Gasteiger partial charge in [0, 0.05) is 67.9 Å². The number of carbonyl (C=O) groups is 1. The van der Waals surface area contributed by atoms with Gasteiger partial charge in [-0.2, -0.15) is 0 Å². The largest absolute Gasteiger partial charge is 0.443 e. The first kappa shape index (κ1) is 21.2. The Labute approximate surface area is 188 Å². The highest BCUT2D eigenvalue weighted by Gasteiger charge is 2.28. The monoisotopic (exact) mass is 433 g/mol. The third-order valence-corrected chi connectivity index (χ3v) is 7.11. The summed E-state index contributed by atoms with van der Waals surface area (Å²) < 4.78 is 5.38. The molecule has 0 radical (unpaired) electrons. The van der Waals surface area contributed by atoms with Crippen LogP contribution in [0.4, 0.5) is 0 Å². The number of hydrogen-bond acceptors (Lipinski definition) is 7. The number of aromatic nitrogens is 3. The van der Waals surface area contributed by atoms with Crippen LogP contribution in [0, 0.1) is 11.8 Å². The van der Waals surface area contributed by atoms with Gasteiger partial charge in [-0.15, -0.1) is 0 Å². The molecule has 4 heterocycles. The molecule has 0 atom stereocenters. The normalized spacial score (nSPS) is 22.9. The van der Waals surface area contributed by atoms with Crippen molar-refractivity contribution in [1.82, 2.24) is 24.8 Å². The molecule has 3 aromatic heterocycles. The zero-order valence-corrected chi connectivity index (χ0v) is 18.7. The molecule has 2 fully saturated rings. The van der Waals surface area contributed by atoms with E-state index in [-0.39, 0.29) is 5.92 Å². The molecule has 7 nitrogen and oxygen atoms in total. The molecule has 0 spiro atoms. The summed E-state index contributed by atoms with van der Waals surface area (Å²) >= 11 is 0. The lowest BCUT2D eigenvalue weighted by Crippen LogP contribution is -2.46. The van der Waals surface area contributed by atoms with Crippen LogP contribution in [0.3, 0.4) is 0 Å². The number of oxazole rings is 1. The molecule has 1 saturated heterocycles. The number of pyridine rings is 2. The first-order valence-electron chi connectivity index (χ1n) is 11.7. The summed E-state index contributed by atoms with van der Waals surface area (Å²) in [6, 6.07) is 4.00. The number of Topliss-reactive ketones (excluding diaryl/α,β-unsaturated/α-hetero) is 1. The zero-order chi connectivity index (χ0) is 21.9. The lowest BCUT2D eigenvalue weighted by atomic mass is 9.79. The average molecular weight is 434 g/mol. The molecule has 7 heteroatoms. The van der Waals surface area contributed by atoms with E-state index in [4.69, 9.17) is 4.42 Å². The van der Waals surface area contributed by atoms with Gasteiger partial charge >= 0.3 is 0 Å². The fourth-order valence-corrected chi connectivity index (χ4v) is 5.05. The van der Waals surface area contributed by atoms with Gasteiger partial charge in [0.15, 0.2) is 12.2 Å². The van der Waals surface area contributed by atoms with Gasteiger partial charge in [0.1, 0.15) is 5.78 Å². The Bertz CT molecular complexity index is 1050. The van der Waals surface area contributed by atoms with Crippen LogP contribution < -0.4 is 0 Å². The Morgan fingerprint density at radius 3 is 2.59 bits per heavy atom. The Morgan fingerprint density at radius 2 is 1.84 bits per heavy atom. The van der Waals surface area contributed by atoms with Gasteiger partial charge < -0.3 is 14.2 Å². The molecule has 0 aromatic carbocycles. The Balaban J connectivity index is 1.17. The third-order valence-electron chi connectivity index (χ3n) is 7.11. The van der Waals surface area contributed by atoms with E-state index in [1.165, 1.54) is 52.0 Å². The fraction of sp³-hybridized carbons (Fsp3) is 0.520. The number of hydrogen-bond donors (Lipinski definition) is 0. The minimum Gasteiger partial charge on any atom is -0.443 e. The Morgan fingerprint density at radius 1 is 1.03 bits per heavy atom. The maximum absolute atomic E-state index is 13.0. The molecule has 0 unspecified atom stereocenters. The van der Waals surface area contributed by atoms with Gasteiger partial charge in [-0.25, -0.2) is 4.98 Å². The second-order valence-corrected chi connectivity index (χ2v) is 9.42. The molecule has 0 bridgehead atoms. The summed E-state index contributed by atoms with van der Waals surface area (Å²) in [5.41, 5.74) is 2.50. The zero-order valence-electron chi connectivity index (χ0n) is 18.7. The van der Waals surface area contributed by atoms with Crippen molar-refractivity contribution in [3.8, 4) is 11.3 Å². The minimum atomic E-state index is 0.176. The molecule has 168 valence electrons. The molecular formula is C25H31N5O2. The molecule has 5 rings (SSSR count). The van der Waals surface area contributed by atoms with Crippen LogP contribution in [0.25, 0.3) is 22.2 Å². The molecule has 0 amide bonds. The predicted molar refractivity (Wildman–Crippen MR) is 123 cm³/mol. The molecule has 1 saturated carbocycles. The van der Waals surface area contributed by atoms with Gasteiger partial charge in [-0.05, 0) is 50.8 Å². The highest BCUT2D eigenvalue weighted by atomic mass is 16.3. The molecule has 3 aromatic rings. The van der Waals surface area contributed by atoms with Crippen molar-refractivity contribution in [1.29, 1.82) is 0 Å². The number of likely N-dealkylation sites (N-methyl/N-ethyl adjacent to an activating group) is 1. The van der Waals surface area contributed by atoms with Crippen LogP contribution in [0.5, 0.6) is 0 Å². The number of carbonyl (C=O) groups excluding carboxylic acids is 1. The molecule has 1 aliphatic carbocycles. The first-order valence-corrected chi connectivity index (χ1v) is 11.7. The molecule has 2 aliphatic rings. The quantitative estimate of drug-likeness (QED) is 0.589. The maximum Gasteiger partial charge on any atom is 0.181 e. The van der Waals surface area contributed by atoms with E-state index in [0.29, 0.717) is 18.0 Å². The number of fused-ring (bicyclic) bond motifs is 1. The van der Waals surface area contributed by atoms with Crippen molar-refractivity contribution >= 4 is 16.7 Å². The summed E-state index contributed by atoms with van der Waals surface area (Å²) in [5.74, 6) is 1.92.